The molecule has 25 heavy (non-hydrogen) atoms. The molecule has 0 atom stereocenters. The summed E-state index contributed by atoms with van der Waals surface area (Å²) in [5.41, 5.74) is 6.91. The molecule has 1 aliphatic rings. The molecule has 1 aliphatic heterocycles. The number of nitrogens with zero attached hydrogens (tertiary/aromatic N) is 2. The highest BCUT2D eigenvalue weighted by atomic mass is 16.2. The van der Waals surface area contributed by atoms with Crippen LogP contribution in [0.3, 0.4) is 0 Å². The zero-order valence-corrected chi connectivity index (χ0v) is 14.5. The quantitative estimate of drug-likeness (QED) is 0.778. The first-order valence-corrected chi connectivity index (χ1v) is 8.63. The molecule has 2 aromatic heterocycles. The minimum atomic E-state index is -0.0000144. The van der Waals surface area contributed by atoms with Crippen LogP contribution >= 0.6 is 0 Å². The van der Waals surface area contributed by atoms with Crippen LogP contribution in [0.4, 0.5) is 0 Å². The van der Waals surface area contributed by atoms with Gasteiger partial charge >= 0.3 is 0 Å². The van der Waals surface area contributed by atoms with E-state index in [4.69, 9.17) is 0 Å². The Kier molecular flexibility index (Phi) is 3.98. The largest absolute Gasteiger partial charge is 0.313 e. The summed E-state index contributed by atoms with van der Waals surface area (Å²) >= 11 is 0. The van der Waals surface area contributed by atoms with E-state index in [1.165, 1.54) is 5.57 Å². The van der Waals surface area contributed by atoms with Crippen molar-refractivity contribution in [3.8, 4) is 0 Å². The monoisotopic (exact) mass is 331 g/mol. The molecule has 3 aromatic rings. The summed E-state index contributed by atoms with van der Waals surface area (Å²) in [6.07, 6.45) is 6.90. The van der Waals surface area contributed by atoms with Gasteiger partial charge in [-0.15, -0.1) is 0 Å². The highest BCUT2D eigenvalue weighted by molar-refractivity contribution is 6.05. The number of fused-ring (bicyclic) bond motifs is 1. The fourth-order valence-corrected chi connectivity index (χ4v) is 3.42. The van der Waals surface area contributed by atoms with Gasteiger partial charge in [-0.3, -0.25) is 14.3 Å². The number of pyridine rings is 1. The number of hydrogen-bond donors (Lipinski definition) is 1. The molecule has 0 fully saturated rings. The van der Waals surface area contributed by atoms with Crippen LogP contribution in [0.2, 0.25) is 0 Å². The van der Waals surface area contributed by atoms with Crippen molar-refractivity contribution >= 4 is 22.5 Å². The summed E-state index contributed by atoms with van der Waals surface area (Å²) in [6.45, 7) is 5.81. The van der Waals surface area contributed by atoms with E-state index in [1.54, 1.807) is 10.8 Å². The molecule has 0 aliphatic carbocycles. The molecule has 0 spiro atoms. The topological polar surface area (TPSA) is 46.9 Å². The predicted molar refractivity (Wildman–Crippen MR) is 101 cm³/mol. The molecule has 0 bridgehead atoms. The van der Waals surface area contributed by atoms with Crippen LogP contribution in [-0.2, 0) is 0 Å². The number of carbonyl (C=O) groups excluding carboxylic acids is 1. The summed E-state index contributed by atoms with van der Waals surface area (Å²) in [6, 6.07) is 9.85. The molecule has 0 amide bonds. The normalized spacial score (nSPS) is 14.6. The maximum atomic E-state index is 13.2. The van der Waals surface area contributed by atoms with E-state index in [2.05, 4.69) is 16.4 Å². The molecular formula is C21H21N3O. The molecule has 1 N–H and O–H groups in total. The van der Waals surface area contributed by atoms with E-state index < -0.39 is 0 Å². The van der Waals surface area contributed by atoms with Gasteiger partial charge < -0.3 is 5.32 Å². The van der Waals surface area contributed by atoms with Gasteiger partial charge in [0.25, 0.3) is 5.91 Å². The Morgan fingerprint density at radius 1 is 1.24 bits per heavy atom. The lowest BCUT2D eigenvalue weighted by Crippen LogP contribution is -2.20. The minimum absolute atomic E-state index is 0.0000144. The van der Waals surface area contributed by atoms with E-state index in [0.717, 1.165) is 52.8 Å². The zero-order chi connectivity index (χ0) is 17.4. The first-order chi connectivity index (χ1) is 12.1. The Labute approximate surface area is 147 Å². The second-order valence-corrected chi connectivity index (χ2v) is 6.59. The molecule has 0 saturated carbocycles. The van der Waals surface area contributed by atoms with Crippen molar-refractivity contribution in [1.29, 1.82) is 0 Å². The number of hydrogen-bond acceptors (Lipinski definition) is 3. The lowest BCUT2D eigenvalue weighted by atomic mass is 10.0. The molecule has 4 rings (SSSR count). The van der Waals surface area contributed by atoms with Gasteiger partial charge in [0, 0.05) is 30.1 Å². The van der Waals surface area contributed by atoms with Crippen LogP contribution in [0.1, 0.15) is 33.5 Å². The first-order valence-electron chi connectivity index (χ1n) is 8.63. The average molecular weight is 331 g/mol. The van der Waals surface area contributed by atoms with Crippen molar-refractivity contribution in [2.75, 3.05) is 13.1 Å². The fourth-order valence-electron chi connectivity index (χ4n) is 3.42. The number of carbonyl (C=O) groups is 1. The maximum Gasteiger partial charge on any atom is 0.262 e. The Morgan fingerprint density at radius 3 is 2.92 bits per heavy atom. The standard InChI is InChI=1S/C21H21N3O/c1-14-5-6-15(2)17(12-14)21(25)24-13-18(16-7-10-22-11-8-16)20-19(24)4-3-9-23-20/h3-7,9,12-13,22H,8,10-11H2,1-2H3. The molecule has 1 aromatic carbocycles. The van der Waals surface area contributed by atoms with E-state index in [9.17, 15) is 4.79 Å². The summed E-state index contributed by atoms with van der Waals surface area (Å²) in [5.74, 6) is -0.0000144. The van der Waals surface area contributed by atoms with Crippen LogP contribution in [0.25, 0.3) is 16.6 Å². The number of aromatic nitrogens is 2. The Hall–Kier alpha value is -2.72. The summed E-state index contributed by atoms with van der Waals surface area (Å²) < 4.78 is 1.75. The average Bonchev–Trinajstić information content (AvgIpc) is 3.03. The molecule has 4 heteroatoms. The van der Waals surface area contributed by atoms with E-state index in [0.29, 0.717) is 0 Å². The van der Waals surface area contributed by atoms with Gasteiger partial charge in [0.2, 0.25) is 0 Å². The van der Waals surface area contributed by atoms with Crippen LogP contribution in [0, 0.1) is 13.8 Å². The molecule has 4 nitrogen and oxygen atoms in total. The SMILES string of the molecule is Cc1ccc(C)c(C(=O)n2cc(C3=CCNCC3)c3ncccc32)c1. The molecule has 0 radical (unpaired) electrons. The van der Waals surface area contributed by atoms with Crippen LogP contribution in [-0.4, -0.2) is 28.5 Å². The Balaban J connectivity index is 1.89. The summed E-state index contributed by atoms with van der Waals surface area (Å²) in [5, 5.41) is 3.33. The van der Waals surface area contributed by atoms with E-state index in [1.807, 2.05) is 50.4 Å². The zero-order valence-electron chi connectivity index (χ0n) is 14.5. The third-order valence-electron chi connectivity index (χ3n) is 4.81. The predicted octanol–water partition coefficient (Wildman–Crippen LogP) is 3.72. The van der Waals surface area contributed by atoms with Crippen molar-refractivity contribution < 1.29 is 4.79 Å². The van der Waals surface area contributed by atoms with Gasteiger partial charge in [-0.25, -0.2) is 0 Å². The van der Waals surface area contributed by atoms with E-state index >= 15 is 0 Å². The van der Waals surface area contributed by atoms with E-state index in [-0.39, 0.29) is 5.91 Å². The third-order valence-corrected chi connectivity index (χ3v) is 4.81. The highest BCUT2D eigenvalue weighted by Gasteiger charge is 2.20. The molecule has 0 saturated heterocycles. The lowest BCUT2D eigenvalue weighted by molar-refractivity contribution is 0.0964. The van der Waals surface area contributed by atoms with Crippen LogP contribution in [0.5, 0.6) is 0 Å². The smallest absolute Gasteiger partial charge is 0.262 e. The summed E-state index contributed by atoms with van der Waals surface area (Å²) in [7, 11) is 0. The van der Waals surface area contributed by atoms with Crippen molar-refractivity contribution in [2.45, 2.75) is 20.3 Å². The van der Waals surface area contributed by atoms with Gasteiger partial charge in [-0.2, -0.15) is 0 Å². The third kappa shape index (κ3) is 2.79. The maximum absolute atomic E-state index is 13.2. The van der Waals surface area contributed by atoms with Crippen LogP contribution in [0.15, 0.2) is 48.8 Å². The fraction of sp³-hybridized carbons (Fsp3) is 0.238. The number of nitrogens with one attached hydrogen (secondary N) is 1. The minimum Gasteiger partial charge on any atom is -0.313 e. The van der Waals surface area contributed by atoms with Gasteiger partial charge in [-0.05, 0) is 56.1 Å². The van der Waals surface area contributed by atoms with Crippen molar-refractivity contribution in [2.24, 2.45) is 0 Å². The van der Waals surface area contributed by atoms with Crippen molar-refractivity contribution in [1.82, 2.24) is 14.9 Å². The number of benzene rings is 1. The van der Waals surface area contributed by atoms with Gasteiger partial charge in [0.05, 0.1) is 11.0 Å². The first kappa shape index (κ1) is 15.8. The molecule has 3 heterocycles. The van der Waals surface area contributed by atoms with Gasteiger partial charge in [0.1, 0.15) is 0 Å². The number of aryl methyl sites for hydroxylation is 2. The Bertz CT molecular complexity index is 998. The van der Waals surface area contributed by atoms with Gasteiger partial charge in [0.15, 0.2) is 0 Å². The molecule has 126 valence electrons. The van der Waals surface area contributed by atoms with Gasteiger partial charge in [-0.1, -0.05) is 23.8 Å². The second kappa shape index (κ2) is 6.30. The Morgan fingerprint density at radius 2 is 2.12 bits per heavy atom. The lowest BCUT2D eigenvalue weighted by Gasteiger charge is -2.12. The van der Waals surface area contributed by atoms with Crippen molar-refractivity contribution in [3.05, 3.63) is 71.1 Å². The molecular weight excluding hydrogens is 310 g/mol. The highest BCUT2D eigenvalue weighted by Crippen LogP contribution is 2.29. The van der Waals surface area contributed by atoms with Crippen molar-refractivity contribution in [3.63, 3.8) is 0 Å². The van der Waals surface area contributed by atoms with Crippen LogP contribution < -0.4 is 5.32 Å². The molecule has 0 unspecified atom stereocenters. The number of rotatable bonds is 2. The second-order valence-electron chi connectivity index (χ2n) is 6.59. The summed E-state index contributed by atoms with van der Waals surface area (Å²) in [4.78, 5) is 17.8.